The van der Waals surface area contributed by atoms with Gasteiger partial charge in [0.25, 0.3) is 5.91 Å². The van der Waals surface area contributed by atoms with Crippen molar-refractivity contribution in [3.8, 4) is 5.69 Å². The molecule has 0 bridgehead atoms. The third-order valence-electron chi connectivity index (χ3n) is 6.22. The molecule has 1 fully saturated rings. The molecule has 2 aromatic heterocycles. The summed E-state index contributed by atoms with van der Waals surface area (Å²) in [5.41, 5.74) is -4.23. The summed E-state index contributed by atoms with van der Waals surface area (Å²) >= 11 is 0. The first-order valence-electron chi connectivity index (χ1n) is 11.7. The number of nitrogens with one attached hydrogen (secondary N) is 1. The van der Waals surface area contributed by atoms with Crippen molar-refractivity contribution in [3.63, 3.8) is 0 Å². The van der Waals surface area contributed by atoms with Crippen LogP contribution in [0.2, 0.25) is 0 Å². The van der Waals surface area contributed by atoms with E-state index in [0.717, 1.165) is 6.92 Å². The zero-order chi connectivity index (χ0) is 29.6. The summed E-state index contributed by atoms with van der Waals surface area (Å²) in [5, 5.41) is 0.661. The Morgan fingerprint density at radius 3 is 2.17 bits per heavy atom. The number of benzene rings is 1. The molecule has 0 aliphatic carbocycles. The number of amides is 1. The number of nitrogens with zero attached hydrogens (tertiary/aromatic N) is 3. The molecule has 0 radical (unpaired) electrons. The molecule has 1 saturated heterocycles. The molecule has 0 spiro atoms. The molecule has 4 rings (SSSR count). The van der Waals surface area contributed by atoms with Gasteiger partial charge in [-0.2, -0.15) is 22.0 Å². The highest BCUT2D eigenvalue weighted by molar-refractivity contribution is 5.97. The second kappa shape index (κ2) is 10.6. The van der Waals surface area contributed by atoms with Crippen LogP contribution in [0.1, 0.15) is 23.7 Å². The average molecular weight is 582 g/mol. The van der Waals surface area contributed by atoms with Crippen LogP contribution in [0.4, 0.5) is 45.3 Å². The number of anilines is 1. The Labute approximate surface area is 219 Å². The number of halogens is 9. The summed E-state index contributed by atoms with van der Waals surface area (Å²) in [4.78, 5) is 31.4. The van der Waals surface area contributed by atoms with Crippen molar-refractivity contribution in [1.29, 1.82) is 0 Å². The van der Waals surface area contributed by atoms with Gasteiger partial charge >= 0.3 is 12.1 Å². The van der Waals surface area contributed by atoms with Gasteiger partial charge in [-0.25, -0.2) is 22.5 Å². The summed E-state index contributed by atoms with van der Waals surface area (Å²) in [6.45, 7) is 1.55. The van der Waals surface area contributed by atoms with E-state index in [9.17, 15) is 44.7 Å². The number of hydrogen-bond donors (Lipinski definition) is 1. The van der Waals surface area contributed by atoms with Gasteiger partial charge in [0.2, 0.25) is 5.43 Å². The fraction of sp³-hybridized carbons (Fsp3) is 0.375. The molecule has 16 heteroatoms. The maximum Gasteiger partial charge on any atom is 0.455 e. The van der Waals surface area contributed by atoms with Crippen molar-refractivity contribution in [2.24, 2.45) is 0 Å². The maximum atomic E-state index is 15.1. The highest BCUT2D eigenvalue weighted by Crippen LogP contribution is 2.39. The number of ether oxygens (including phenoxy) is 1. The van der Waals surface area contributed by atoms with Crippen LogP contribution in [0.15, 0.2) is 29.2 Å². The molecule has 216 valence electrons. The van der Waals surface area contributed by atoms with Crippen molar-refractivity contribution in [3.05, 3.63) is 63.5 Å². The number of rotatable bonds is 6. The SMILES string of the molecule is CCC(NC(=O)c1cn(-c2c(F)cc(F)cc2F)c2nc(N3CCOCC3)c(F)cc2c1=O)C(F)(F)C(F)(F)F. The quantitative estimate of drug-likeness (QED) is 0.434. The molecule has 7 nitrogen and oxygen atoms in total. The van der Waals surface area contributed by atoms with Crippen LogP contribution in [0.3, 0.4) is 0 Å². The molecule has 40 heavy (non-hydrogen) atoms. The standard InChI is InChI=1S/C24H19F9N4O3/c1-2-17(23(29,30)24(31,32)33)34-22(39)13-10-37(18-14(26)7-11(25)8-15(18)27)20-12(19(13)38)9-16(28)21(35-20)36-3-5-40-6-4-36/h7-10,17H,2-6H2,1H3,(H,34,39). The second-order valence-electron chi connectivity index (χ2n) is 8.78. The predicted octanol–water partition coefficient (Wildman–Crippen LogP) is 4.48. The van der Waals surface area contributed by atoms with Crippen LogP contribution in [-0.2, 0) is 4.74 Å². The minimum absolute atomic E-state index is 0.144. The molecular formula is C24H19F9N4O3. The summed E-state index contributed by atoms with van der Waals surface area (Å²) in [5.74, 6) is -13.1. The van der Waals surface area contributed by atoms with E-state index in [2.05, 4.69) is 4.98 Å². The molecule has 1 aliphatic heterocycles. The largest absolute Gasteiger partial charge is 0.455 e. The van der Waals surface area contributed by atoms with Crippen molar-refractivity contribution in [1.82, 2.24) is 14.9 Å². The molecule has 1 unspecified atom stereocenters. The second-order valence-corrected chi connectivity index (χ2v) is 8.78. The predicted molar refractivity (Wildman–Crippen MR) is 123 cm³/mol. The van der Waals surface area contributed by atoms with Gasteiger partial charge in [-0.05, 0) is 12.5 Å². The minimum Gasteiger partial charge on any atom is -0.378 e. The van der Waals surface area contributed by atoms with Crippen LogP contribution in [0.5, 0.6) is 0 Å². The Morgan fingerprint density at radius 1 is 1.02 bits per heavy atom. The van der Waals surface area contributed by atoms with Crippen LogP contribution in [-0.4, -0.2) is 59.9 Å². The van der Waals surface area contributed by atoms with Crippen LogP contribution in [0, 0.1) is 23.3 Å². The number of aromatic nitrogens is 2. The lowest BCUT2D eigenvalue weighted by atomic mass is 10.1. The Balaban J connectivity index is 1.95. The molecule has 0 saturated carbocycles. The van der Waals surface area contributed by atoms with Crippen molar-refractivity contribution in [2.75, 3.05) is 31.2 Å². The summed E-state index contributed by atoms with van der Waals surface area (Å²) in [6, 6.07) is -1.73. The summed E-state index contributed by atoms with van der Waals surface area (Å²) < 4.78 is 131. The van der Waals surface area contributed by atoms with E-state index in [1.165, 1.54) is 10.2 Å². The smallest absolute Gasteiger partial charge is 0.378 e. The van der Waals surface area contributed by atoms with E-state index in [-0.39, 0.29) is 44.3 Å². The number of carbonyl (C=O) groups is 1. The van der Waals surface area contributed by atoms with Gasteiger partial charge in [0.15, 0.2) is 28.9 Å². The van der Waals surface area contributed by atoms with Gasteiger partial charge in [0.05, 0.1) is 18.6 Å². The molecule has 3 heterocycles. The van der Waals surface area contributed by atoms with Crippen molar-refractivity contribution >= 4 is 22.8 Å². The maximum absolute atomic E-state index is 15.1. The number of alkyl halides is 5. The monoisotopic (exact) mass is 582 g/mol. The van der Waals surface area contributed by atoms with Crippen molar-refractivity contribution in [2.45, 2.75) is 31.5 Å². The van der Waals surface area contributed by atoms with Crippen LogP contribution in [0.25, 0.3) is 16.7 Å². The molecule has 1 aromatic carbocycles. The van der Waals surface area contributed by atoms with Gasteiger partial charge in [-0.3, -0.25) is 14.2 Å². The van der Waals surface area contributed by atoms with Gasteiger partial charge in [-0.15, -0.1) is 0 Å². The molecule has 1 aliphatic rings. The van der Waals surface area contributed by atoms with Gasteiger partial charge in [0.1, 0.15) is 23.1 Å². The van der Waals surface area contributed by atoms with E-state index in [1.807, 2.05) is 0 Å². The van der Waals surface area contributed by atoms with E-state index in [0.29, 0.717) is 16.8 Å². The van der Waals surface area contributed by atoms with Gasteiger partial charge in [-0.1, -0.05) is 6.92 Å². The molecule has 1 N–H and O–H groups in total. The number of morpholine rings is 1. The first-order chi connectivity index (χ1) is 18.7. The van der Waals surface area contributed by atoms with E-state index < -0.39 is 81.5 Å². The lowest BCUT2D eigenvalue weighted by Gasteiger charge is -2.29. The molecule has 3 aromatic rings. The fourth-order valence-electron chi connectivity index (χ4n) is 4.19. The Bertz CT molecular complexity index is 1500. The van der Waals surface area contributed by atoms with Gasteiger partial charge in [0, 0.05) is 31.4 Å². The van der Waals surface area contributed by atoms with E-state index in [4.69, 9.17) is 4.74 Å². The molecular weight excluding hydrogens is 563 g/mol. The number of hydrogen-bond acceptors (Lipinski definition) is 5. The topological polar surface area (TPSA) is 76.5 Å². The lowest BCUT2D eigenvalue weighted by molar-refractivity contribution is -0.292. The van der Waals surface area contributed by atoms with Crippen LogP contribution < -0.4 is 15.6 Å². The van der Waals surface area contributed by atoms with Gasteiger partial charge < -0.3 is 15.0 Å². The number of fused-ring (bicyclic) bond motifs is 1. The Kier molecular flexibility index (Phi) is 7.75. The first kappa shape index (κ1) is 29.2. The minimum atomic E-state index is -6.06. The Hall–Kier alpha value is -3.82. The average Bonchev–Trinajstić information content (AvgIpc) is 2.87. The summed E-state index contributed by atoms with van der Waals surface area (Å²) in [7, 11) is 0. The number of carbonyl (C=O) groups excluding carboxylic acids is 1. The third-order valence-corrected chi connectivity index (χ3v) is 6.22. The molecule has 1 atom stereocenters. The Morgan fingerprint density at radius 2 is 1.62 bits per heavy atom. The van der Waals surface area contributed by atoms with E-state index >= 15 is 4.39 Å². The zero-order valence-electron chi connectivity index (χ0n) is 20.4. The highest BCUT2D eigenvalue weighted by atomic mass is 19.4. The first-order valence-corrected chi connectivity index (χ1v) is 11.7. The summed E-state index contributed by atoms with van der Waals surface area (Å²) in [6.07, 6.45) is -6.54. The zero-order valence-corrected chi connectivity index (χ0v) is 20.4. The number of pyridine rings is 2. The van der Waals surface area contributed by atoms with Crippen molar-refractivity contribution < 1.29 is 49.0 Å². The third kappa shape index (κ3) is 5.19. The normalized spacial score (nSPS) is 15.4. The highest BCUT2D eigenvalue weighted by Gasteiger charge is 2.62. The lowest BCUT2D eigenvalue weighted by Crippen LogP contribution is -2.55. The van der Waals surface area contributed by atoms with E-state index in [1.54, 1.807) is 0 Å². The fourth-order valence-corrected chi connectivity index (χ4v) is 4.19. The van der Waals surface area contributed by atoms with Crippen LogP contribution >= 0.6 is 0 Å². The molecule has 1 amide bonds.